The number of hydrogen-bond acceptors (Lipinski definition) is 4. The quantitative estimate of drug-likeness (QED) is 0.593. The molecular formula is C5H8O5S. The molecule has 0 fully saturated rings. The van der Waals surface area contributed by atoms with E-state index < -0.39 is 21.0 Å². The molecule has 1 N–H and O–H groups in total. The second kappa shape index (κ2) is 2.12. The van der Waals surface area contributed by atoms with Crippen molar-refractivity contribution in [2.45, 2.75) is 19.6 Å². The summed E-state index contributed by atoms with van der Waals surface area (Å²) in [5.74, 6) is -1.01. The summed E-state index contributed by atoms with van der Waals surface area (Å²) in [5.41, 5.74) is 0. The van der Waals surface area contributed by atoms with Crippen LogP contribution in [0.3, 0.4) is 0 Å². The van der Waals surface area contributed by atoms with Gasteiger partial charge < -0.3 is 9.47 Å². The maximum atomic E-state index is 10.4. The van der Waals surface area contributed by atoms with E-state index >= 15 is 0 Å². The maximum Gasteiger partial charge on any atom is 0.331 e. The molecule has 1 aliphatic heterocycles. The van der Waals surface area contributed by atoms with Crippen LogP contribution in [0.25, 0.3) is 0 Å². The third-order valence-electron chi connectivity index (χ3n) is 1.04. The smallest absolute Gasteiger partial charge is 0.331 e. The van der Waals surface area contributed by atoms with E-state index in [1.54, 1.807) is 0 Å². The predicted molar refractivity (Wildman–Crippen MR) is 35.9 cm³/mol. The van der Waals surface area contributed by atoms with Gasteiger partial charge >= 0.3 is 10.1 Å². The highest BCUT2D eigenvalue weighted by Crippen LogP contribution is 2.26. The molecule has 0 aliphatic carbocycles. The van der Waals surface area contributed by atoms with Gasteiger partial charge in [0.15, 0.2) is 0 Å². The van der Waals surface area contributed by atoms with Crippen LogP contribution in [0.5, 0.6) is 0 Å². The molecule has 0 aromatic rings. The van der Waals surface area contributed by atoms with Crippen LogP contribution in [-0.4, -0.2) is 18.8 Å². The van der Waals surface area contributed by atoms with E-state index in [1.165, 1.54) is 13.8 Å². The molecule has 1 aliphatic rings. The van der Waals surface area contributed by atoms with E-state index in [2.05, 4.69) is 0 Å². The van der Waals surface area contributed by atoms with Crippen LogP contribution < -0.4 is 0 Å². The van der Waals surface area contributed by atoms with Crippen LogP contribution in [-0.2, 0) is 19.6 Å². The molecule has 0 aromatic carbocycles. The number of ether oxygens (including phenoxy) is 2. The Hall–Kier alpha value is -0.750. The molecule has 0 radical (unpaired) electrons. The third-order valence-corrected chi connectivity index (χ3v) is 1.73. The molecule has 5 nitrogen and oxygen atoms in total. The zero-order valence-corrected chi connectivity index (χ0v) is 6.88. The average molecular weight is 180 g/mol. The third kappa shape index (κ3) is 1.84. The first kappa shape index (κ1) is 8.35. The summed E-state index contributed by atoms with van der Waals surface area (Å²) in [5, 5.41) is -0.553. The van der Waals surface area contributed by atoms with E-state index in [-0.39, 0.29) is 0 Å². The van der Waals surface area contributed by atoms with Gasteiger partial charge in [-0.2, -0.15) is 8.42 Å². The summed E-state index contributed by atoms with van der Waals surface area (Å²) in [6, 6.07) is 0. The molecule has 0 amide bonds. The topological polar surface area (TPSA) is 72.8 Å². The molecule has 1 rings (SSSR count). The van der Waals surface area contributed by atoms with Gasteiger partial charge in [0.1, 0.15) is 6.26 Å². The fourth-order valence-electron chi connectivity index (χ4n) is 0.594. The molecule has 64 valence electrons. The van der Waals surface area contributed by atoms with Gasteiger partial charge in [0, 0.05) is 13.8 Å². The molecule has 6 heteroatoms. The summed E-state index contributed by atoms with van der Waals surface area (Å²) in [6.45, 7) is 3.06. The molecule has 0 saturated heterocycles. The fraction of sp³-hybridized carbons (Fsp3) is 0.600. The summed E-state index contributed by atoms with van der Waals surface area (Å²) in [7, 11) is -4.26. The van der Waals surface area contributed by atoms with Crippen molar-refractivity contribution in [3.63, 3.8) is 0 Å². The zero-order valence-electron chi connectivity index (χ0n) is 6.07. The van der Waals surface area contributed by atoms with Crippen molar-refractivity contribution in [1.82, 2.24) is 0 Å². The fourth-order valence-corrected chi connectivity index (χ4v) is 1.07. The van der Waals surface area contributed by atoms with Crippen molar-refractivity contribution in [3.8, 4) is 0 Å². The first-order valence-electron chi connectivity index (χ1n) is 2.86. The summed E-state index contributed by atoms with van der Waals surface area (Å²) in [4.78, 5) is 0. The molecule has 0 aromatic heterocycles. The SMILES string of the molecule is CC1(C)OC=C(S(=O)(=O)O)O1. The largest absolute Gasteiger partial charge is 0.456 e. The lowest BCUT2D eigenvalue weighted by Crippen LogP contribution is -2.21. The van der Waals surface area contributed by atoms with Gasteiger partial charge in [-0.15, -0.1) is 0 Å². The van der Waals surface area contributed by atoms with Crippen molar-refractivity contribution < 1.29 is 22.4 Å². The average Bonchev–Trinajstić information content (AvgIpc) is 2.07. The van der Waals surface area contributed by atoms with Gasteiger partial charge in [-0.05, 0) is 0 Å². The van der Waals surface area contributed by atoms with Crippen molar-refractivity contribution >= 4 is 10.1 Å². The molecule has 0 atom stereocenters. The van der Waals surface area contributed by atoms with Gasteiger partial charge in [0.25, 0.3) is 5.09 Å². The first-order valence-corrected chi connectivity index (χ1v) is 4.30. The predicted octanol–water partition coefficient (Wildman–Crippen LogP) is 0.456. The van der Waals surface area contributed by atoms with E-state index in [1.807, 2.05) is 0 Å². The van der Waals surface area contributed by atoms with Crippen molar-refractivity contribution in [3.05, 3.63) is 11.4 Å². The van der Waals surface area contributed by atoms with Crippen LogP contribution in [0.4, 0.5) is 0 Å². The Balaban J connectivity index is 2.84. The van der Waals surface area contributed by atoms with Gasteiger partial charge in [-0.25, -0.2) is 0 Å². The van der Waals surface area contributed by atoms with Crippen molar-refractivity contribution in [1.29, 1.82) is 0 Å². The molecule has 0 saturated carbocycles. The van der Waals surface area contributed by atoms with E-state index in [9.17, 15) is 8.42 Å². The standard InChI is InChI=1S/C5H8O5S/c1-5(2)9-3-4(10-5)11(6,7)8/h3H,1-2H3,(H,6,7,8). The Kier molecular flexibility index (Phi) is 1.61. The van der Waals surface area contributed by atoms with Crippen LogP contribution in [0, 0.1) is 0 Å². The van der Waals surface area contributed by atoms with E-state index in [0.717, 1.165) is 6.26 Å². The number of rotatable bonds is 1. The molecule has 1 heterocycles. The van der Waals surface area contributed by atoms with Crippen LogP contribution >= 0.6 is 0 Å². The Labute approximate surface area is 64.4 Å². The van der Waals surface area contributed by atoms with Crippen LogP contribution in [0.15, 0.2) is 11.4 Å². The highest BCUT2D eigenvalue weighted by Gasteiger charge is 2.33. The minimum atomic E-state index is -4.26. The van der Waals surface area contributed by atoms with Crippen LogP contribution in [0.1, 0.15) is 13.8 Å². The lowest BCUT2D eigenvalue weighted by atomic mass is 10.4. The van der Waals surface area contributed by atoms with Gasteiger partial charge in [-0.1, -0.05) is 0 Å². The van der Waals surface area contributed by atoms with Crippen molar-refractivity contribution in [2.24, 2.45) is 0 Å². The molecule has 0 spiro atoms. The van der Waals surface area contributed by atoms with E-state index in [0.29, 0.717) is 0 Å². The lowest BCUT2D eigenvalue weighted by Gasteiger charge is -2.16. The van der Waals surface area contributed by atoms with Gasteiger partial charge in [-0.3, -0.25) is 4.55 Å². The van der Waals surface area contributed by atoms with Crippen LogP contribution in [0.2, 0.25) is 0 Å². The van der Waals surface area contributed by atoms with Gasteiger partial charge in [0.2, 0.25) is 5.79 Å². The highest BCUT2D eigenvalue weighted by atomic mass is 32.2. The Morgan fingerprint density at radius 1 is 1.55 bits per heavy atom. The maximum absolute atomic E-state index is 10.4. The monoisotopic (exact) mass is 180 g/mol. The second-order valence-electron chi connectivity index (χ2n) is 2.53. The number of hydrogen-bond donors (Lipinski definition) is 1. The van der Waals surface area contributed by atoms with E-state index in [4.69, 9.17) is 14.0 Å². The summed E-state index contributed by atoms with van der Waals surface area (Å²) in [6.07, 6.45) is 0.870. The second-order valence-corrected chi connectivity index (χ2v) is 3.88. The van der Waals surface area contributed by atoms with Gasteiger partial charge in [0.05, 0.1) is 0 Å². The lowest BCUT2D eigenvalue weighted by molar-refractivity contribution is -0.112. The summed E-state index contributed by atoms with van der Waals surface area (Å²) < 4.78 is 38.7. The Bertz CT molecular complexity index is 286. The summed E-state index contributed by atoms with van der Waals surface area (Å²) >= 11 is 0. The zero-order chi connectivity index (χ0) is 8.70. The minimum absolute atomic E-state index is 0.553. The normalized spacial score (nSPS) is 21.9. The van der Waals surface area contributed by atoms with Crippen molar-refractivity contribution in [2.75, 3.05) is 0 Å². The Morgan fingerprint density at radius 2 is 2.09 bits per heavy atom. The Morgan fingerprint density at radius 3 is 2.27 bits per heavy atom. The first-order chi connectivity index (χ1) is 4.81. The highest BCUT2D eigenvalue weighted by molar-refractivity contribution is 7.89. The molecule has 0 bridgehead atoms. The molecule has 11 heavy (non-hydrogen) atoms. The molecular weight excluding hydrogens is 172 g/mol. The molecule has 0 unspecified atom stereocenters. The minimum Gasteiger partial charge on any atom is -0.456 e.